The van der Waals surface area contributed by atoms with Crippen LogP contribution in [-0.4, -0.2) is 17.6 Å². The Balaban J connectivity index is 2.30. The zero-order valence-electron chi connectivity index (χ0n) is 10.1. The van der Waals surface area contributed by atoms with Gasteiger partial charge in [0.25, 0.3) is 0 Å². The molecule has 0 spiro atoms. The van der Waals surface area contributed by atoms with Crippen LogP contribution in [0.25, 0.3) is 0 Å². The third-order valence-corrected chi connectivity index (χ3v) is 3.71. The second-order valence-electron chi connectivity index (χ2n) is 4.52. The van der Waals surface area contributed by atoms with Crippen LogP contribution in [0.15, 0.2) is 12.3 Å². The van der Waals surface area contributed by atoms with Crippen molar-refractivity contribution >= 4 is 17.4 Å². The fourth-order valence-electron chi connectivity index (χ4n) is 2.53. The van der Waals surface area contributed by atoms with Crippen LogP contribution < -0.4 is 4.90 Å². The SMILES string of the molecule is CCC1CCCCN1c1ncc(F)cc1CCl. The normalized spacial score (nSPS) is 20.6. The molecular formula is C13H18ClFN2. The van der Waals surface area contributed by atoms with Gasteiger partial charge in [-0.15, -0.1) is 11.6 Å². The van der Waals surface area contributed by atoms with E-state index < -0.39 is 0 Å². The summed E-state index contributed by atoms with van der Waals surface area (Å²) in [4.78, 5) is 6.53. The first-order valence-corrected chi connectivity index (χ1v) is 6.76. The molecule has 2 heterocycles. The Morgan fingerprint density at radius 2 is 2.35 bits per heavy atom. The van der Waals surface area contributed by atoms with Crippen LogP contribution in [0.3, 0.4) is 0 Å². The number of piperidine rings is 1. The Morgan fingerprint density at radius 1 is 1.53 bits per heavy atom. The van der Waals surface area contributed by atoms with E-state index in [9.17, 15) is 4.39 Å². The lowest BCUT2D eigenvalue weighted by Gasteiger charge is -2.37. The van der Waals surface area contributed by atoms with Crippen molar-refractivity contribution in [2.24, 2.45) is 0 Å². The number of alkyl halides is 1. The minimum Gasteiger partial charge on any atom is -0.353 e. The average molecular weight is 257 g/mol. The molecule has 0 aromatic carbocycles. The Hall–Kier alpha value is -0.830. The number of hydrogen-bond acceptors (Lipinski definition) is 2. The first-order valence-electron chi connectivity index (χ1n) is 6.23. The van der Waals surface area contributed by atoms with E-state index in [0.717, 1.165) is 24.3 Å². The van der Waals surface area contributed by atoms with Crippen LogP contribution in [0.5, 0.6) is 0 Å². The molecule has 0 amide bonds. The van der Waals surface area contributed by atoms with E-state index in [1.165, 1.54) is 31.5 Å². The molecule has 0 radical (unpaired) electrons. The van der Waals surface area contributed by atoms with Gasteiger partial charge in [-0.1, -0.05) is 6.92 Å². The second-order valence-corrected chi connectivity index (χ2v) is 4.79. The van der Waals surface area contributed by atoms with Gasteiger partial charge in [0.05, 0.1) is 12.1 Å². The maximum atomic E-state index is 13.1. The molecule has 1 unspecified atom stereocenters. The minimum atomic E-state index is -0.311. The minimum absolute atomic E-state index is 0.311. The number of anilines is 1. The standard InChI is InChI=1S/C13H18ClFN2/c1-2-12-5-3-4-6-17(12)13-10(8-14)7-11(15)9-16-13/h7,9,12H,2-6,8H2,1H3. The molecular weight excluding hydrogens is 239 g/mol. The Kier molecular flexibility index (Phi) is 4.21. The molecule has 1 saturated heterocycles. The van der Waals surface area contributed by atoms with Crippen LogP contribution in [0, 0.1) is 5.82 Å². The lowest BCUT2D eigenvalue weighted by Crippen LogP contribution is -2.40. The van der Waals surface area contributed by atoms with Crippen LogP contribution in [0.1, 0.15) is 38.2 Å². The molecule has 4 heteroatoms. The zero-order chi connectivity index (χ0) is 12.3. The summed E-state index contributed by atoms with van der Waals surface area (Å²) in [6, 6.07) is 2.01. The molecule has 0 bridgehead atoms. The highest BCUT2D eigenvalue weighted by Gasteiger charge is 2.23. The molecule has 0 saturated carbocycles. The van der Waals surface area contributed by atoms with E-state index in [2.05, 4.69) is 16.8 Å². The molecule has 1 atom stereocenters. The van der Waals surface area contributed by atoms with Gasteiger partial charge in [0, 0.05) is 18.2 Å². The largest absolute Gasteiger partial charge is 0.353 e. The molecule has 94 valence electrons. The van der Waals surface area contributed by atoms with Crippen molar-refractivity contribution in [1.82, 2.24) is 4.98 Å². The molecule has 0 aliphatic carbocycles. The maximum Gasteiger partial charge on any atom is 0.141 e. The summed E-state index contributed by atoms with van der Waals surface area (Å²) < 4.78 is 13.1. The number of halogens is 2. The third-order valence-electron chi connectivity index (χ3n) is 3.42. The maximum absolute atomic E-state index is 13.1. The molecule has 0 N–H and O–H groups in total. The Labute approximate surface area is 107 Å². The van der Waals surface area contributed by atoms with E-state index in [1.807, 2.05) is 0 Å². The fourth-order valence-corrected chi connectivity index (χ4v) is 2.73. The number of rotatable bonds is 3. The van der Waals surface area contributed by atoms with Crippen molar-refractivity contribution in [2.45, 2.75) is 44.5 Å². The van der Waals surface area contributed by atoms with Gasteiger partial charge in [0.15, 0.2) is 0 Å². The molecule has 1 fully saturated rings. The van der Waals surface area contributed by atoms with Crippen LogP contribution in [0.2, 0.25) is 0 Å². The smallest absolute Gasteiger partial charge is 0.141 e. The van der Waals surface area contributed by atoms with Crippen molar-refractivity contribution in [3.63, 3.8) is 0 Å². The van der Waals surface area contributed by atoms with Crippen molar-refractivity contribution in [1.29, 1.82) is 0 Å². The van der Waals surface area contributed by atoms with Gasteiger partial charge in [0.1, 0.15) is 11.6 Å². The van der Waals surface area contributed by atoms with Gasteiger partial charge in [-0.05, 0) is 31.7 Å². The summed E-state index contributed by atoms with van der Waals surface area (Å²) in [5.74, 6) is 0.870. The topological polar surface area (TPSA) is 16.1 Å². The van der Waals surface area contributed by atoms with Crippen LogP contribution in [0.4, 0.5) is 10.2 Å². The lowest BCUT2D eigenvalue weighted by molar-refractivity contribution is 0.445. The molecule has 1 aromatic heterocycles. The van der Waals surface area contributed by atoms with Gasteiger partial charge in [-0.25, -0.2) is 9.37 Å². The second kappa shape index (κ2) is 5.67. The van der Waals surface area contributed by atoms with E-state index in [-0.39, 0.29) is 5.82 Å². The van der Waals surface area contributed by atoms with Gasteiger partial charge in [-0.3, -0.25) is 0 Å². The Morgan fingerprint density at radius 3 is 3.06 bits per heavy atom. The lowest BCUT2D eigenvalue weighted by atomic mass is 9.99. The van der Waals surface area contributed by atoms with Crippen molar-refractivity contribution in [3.05, 3.63) is 23.6 Å². The molecule has 1 aliphatic rings. The average Bonchev–Trinajstić information content (AvgIpc) is 2.38. The van der Waals surface area contributed by atoms with E-state index in [4.69, 9.17) is 11.6 Å². The monoisotopic (exact) mass is 256 g/mol. The summed E-state index contributed by atoms with van der Waals surface area (Å²) in [5.41, 5.74) is 0.798. The summed E-state index contributed by atoms with van der Waals surface area (Å²) >= 11 is 5.88. The van der Waals surface area contributed by atoms with Gasteiger partial charge in [-0.2, -0.15) is 0 Å². The zero-order valence-corrected chi connectivity index (χ0v) is 10.9. The van der Waals surface area contributed by atoms with Crippen molar-refractivity contribution < 1.29 is 4.39 Å². The highest BCUT2D eigenvalue weighted by atomic mass is 35.5. The molecule has 17 heavy (non-hydrogen) atoms. The van der Waals surface area contributed by atoms with Gasteiger partial charge in [0.2, 0.25) is 0 Å². The van der Waals surface area contributed by atoms with Gasteiger partial charge < -0.3 is 4.90 Å². The number of nitrogens with zero attached hydrogens (tertiary/aromatic N) is 2. The summed E-state index contributed by atoms with van der Waals surface area (Å²) in [7, 11) is 0. The Bertz CT molecular complexity index is 384. The van der Waals surface area contributed by atoms with Crippen LogP contribution >= 0.6 is 11.6 Å². The summed E-state index contributed by atoms with van der Waals surface area (Å²) in [6.45, 7) is 3.19. The summed E-state index contributed by atoms with van der Waals surface area (Å²) in [5, 5.41) is 0. The van der Waals surface area contributed by atoms with E-state index >= 15 is 0 Å². The van der Waals surface area contributed by atoms with E-state index in [1.54, 1.807) is 0 Å². The van der Waals surface area contributed by atoms with Crippen LogP contribution in [-0.2, 0) is 5.88 Å². The first kappa shape index (κ1) is 12.6. The highest BCUT2D eigenvalue weighted by Crippen LogP contribution is 2.28. The van der Waals surface area contributed by atoms with E-state index in [0.29, 0.717) is 11.9 Å². The highest BCUT2D eigenvalue weighted by molar-refractivity contribution is 6.17. The molecule has 1 aromatic rings. The van der Waals surface area contributed by atoms with Gasteiger partial charge >= 0.3 is 0 Å². The first-order chi connectivity index (χ1) is 8.26. The number of hydrogen-bond donors (Lipinski definition) is 0. The molecule has 2 nitrogen and oxygen atoms in total. The quantitative estimate of drug-likeness (QED) is 0.766. The fraction of sp³-hybridized carbons (Fsp3) is 0.615. The number of pyridine rings is 1. The van der Waals surface area contributed by atoms with Crippen molar-refractivity contribution in [2.75, 3.05) is 11.4 Å². The van der Waals surface area contributed by atoms with Crippen molar-refractivity contribution in [3.8, 4) is 0 Å². The molecule has 2 rings (SSSR count). The molecule has 1 aliphatic heterocycles. The summed E-state index contributed by atoms with van der Waals surface area (Å²) in [6.07, 6.45) is 6.02. The predicted octanol–water partition coefficient (Wildman–Crippen LogP) is 3.73. The third kappa shape index (κ3) is 2.71. The predicted molar refractivity (Wildman–Crippen MR) is 69.0 cm³/mol. The number of aromatic nitrogens is 1.